The molecule has 1 aliphatic heterocycles. The van der Waals surface area contributed by atoms with Crippen LogP contribution in [0.1, 0.15) is 92.9 Å². The summed E-state index contributed by atoms with van der Waals surface area (Å²) in [6, 6.07) is -0.565. The number of carbonyl (C=O) groups is 1. The van der Waals surface area contributed by atoms with Crippen LogP contribution in [0.15, 0.2) is 0 Å². The van der Waals surface area contributed by atoms with Crippen LogP contribution in [0.2, 0.25) is 0 Å². The Labute approximate surface area is 153 Å². The highest BCUT2D eigenvalue weighted by Gasteiger charge is 2.48. The molecule has 0 aliphatic carbocycles. The van der Waals surface area contributed by atoms with Gasteiger partial charge < -0.3 is 9.47 Å². The van der Waals surface area contributed by atoms with Gasteiger partial charge in [0.1, 0.15) is 17.5 Å². The third-order valence-electron chi connectivity index (χ3n) is 4.61. The molecule has 1 heterocycles. The zero-order valence-electron chi connectivity index (χ0n) is 17.1. The second kappa shape index (κ2) is 9.75. The molecule has 0 saturated carbocycles. The molecule has 1 saturated heterocycles. The van der Waals surface area contributed by atoms with E-state index in [4.69, 9.17) is 9.47 Å². The Morgan fingerprint density at radius 2 is 1.76 bits per heavy atom. The van der Waals surface area contributed by atoms with Crippen molar-refractivity contribution in [2.75, 3.05) is 6.61 Å². The van der Waals surface area contributed by atoms with Gasteiger partial charge >= 0.3 is 6.09 Å². The van der Waals surface area contributed by atoms with E-state index in [1.165, 1.54) is 30.6 Å². The second-order valence-corrected chi connectivity index (χ2v) is 8.60. The number of amides is 1. The van der Waals surface area contributed by atoms with E-state index in [0.29, 0.717) is 6.42 Å². The Balaban J connectivity index is 2.49. The lowest BCUT2D eigenvalue weighted by Gasteiger charge is -2.36. The second-order valence-electron chi connectivity index (χ2n) is 8.60. The molecular formula is C20H38FNO3. The van der Waals surface area contributed by atoms with E-state index in [-0.39, 0.29) is 6.61 Å². The predicted octanol–water partition coefficient (Wildman–Crippen LogP) is 5.84. The minimum Gasteiger partial charge on any atom is -0.444 e. The molecule has 0 radical (unpaired) electrons. The van der Waals surface area contributed by atoms with Crippen LogP contribution in [0.5, 0.6) is 0 Å². The van der Waals surface area contributed by atoms with E-state index < -0.39 is 29.6 Å². The molecule has 0 spiro atoms. The summed E-state index contributed by atoms with van der Waals surface area (Å²) in [5.74, 6) is 0. The summed E-state index contributed by atoms with van der Waals surface area (Å²) in [4.78, 5) is 14.0. The molecule has 1 aliphatic rings. The zero-order valence-corrected chi connectivity index (χ0v) is 17.1. The van der Waals surface area contributed by atoms with Crippen molar-refractivity contribution in [1.82, 2.24) is 4.90 Å². The summed E-state index contributed by atoms with van der Waals surface area (Å²) < 4.78 is 25.9. The van der Waals surface area contributed by atoms with E-state index >= 15 is 0 Å². The van der Waals surface area contributed by atoms with Gasteiger partial charge in [0.2, 0.25) is 0 Å². The Bertz CT molecular complexity index is 406. The van der Waals surface area contributed by atoms with Gasteiger partial charge in [-0.3, -0.25) is 4.90 Å². The van der Waals surface area contributed by atoms with Gasteiger partial charge in [-0.15, -0.1) is 0 Å². The number of unbranched alkanes of at least 4 members (excludes halogenated alkanes) is 6. The van der Waals surface area contributed by atoms with Crippen LogP contribution in [0.3, 0.4) is 0 Å². The van der Waals surface area contributed by atoms with E-state index in [1.807, 2.05) is 20.8 Å². The van der Waals surface area contributed by atoms with Crippen molar-refractivity contribution in [1.29, 1.82) is 0 Å². The van der Waals surface area contributed by atoms with Crippen LogP contribution in [0, 0.1) is 0 Å². The van der Waals surface area contributed by atoms with Gasteiger partial charge in [-0.05, 0) is 41.0 Å². The molecule has 0 N–H and O–H groups in total. The fraction of sp³-hybridized carbons (Fsp3) is 0.950. The largest absolute Gasteiger partial charge is 0.444 e. The average Bonchev–Trinajstić information content (AvgIpc) is 2.80. The first kappa shape index (κ1) is 22.2. The fourth-order valence-electron chi connectivity index (χ4n) is 3.25. The highest BCUT2D eigenvalue weighted by molar-refractivity contribution is 5.69. The number of hydrogen-bond donors (Lipinski definition) is 0. The Hall–Kier alpha value is -0.840. The van der Waals surface area contributed by atoms with E-state index in [2.05, 4.69) is 6.92 Å². The van der Waals surface area contributed by atoms with Crippen molar-refractivity contribution in [2.45, 2.75) is 116 Å². The van der Waals surface area contributed by atoms with Crippen molar-refractivity contribution in [3.63, 3.8) is 0 Å². The monoisotopic (exact) mass is 359 g/mol. The summed E-state index contributed by atoms with van der Waals surface area (Å²) >= 11 is 0. The molecule has 1 rings (SSSR count). The lowest BCUT2D eigenvalue weighted by atomic mass is 10.0. The number of halogens is 1. The van der Waals surface area contributed by atoms with Crippen molar-refractivity contribution in [2.24, 2.45) is 0 Å². The highest BCUT2D eigenvalue weighted by atomic mass is 19.1. The number of carbonyl (C=O) groups excluding carboxylic acids is 1. The van der Waals surface area contributed by atoms with Crippen LogP contribution < -0.4 is 0 Å². The highest BCUT2D eigenvalue weighted by Crippen LogP contribution is 2.33. The van der Waals surface area contributed by atoms with Gasteiger partial charge in [0.25, 0.3) is 0 Å². The average molecular weight is 360 g/mol. The van der Waals surface area contributed by atoms with E-state index in [9.17, 15) is 9.18 Å². The quantitative estimate of drug-likeness (QED) is 0.486. The molecule has 4 nitrogen and oxygen atoms in total. The van der Waals surface area contributed by atoms with Crippen LogP contribution >= 0.6 is 0 Å². The third-order valence-corrected chi connectivity index (χ3v) is 4.61. The zero-order chi connectivity index (χ0) is 19.1. The predicted molar refractivity (Wildman–Crippen MR) is 99.4 cm³/mol. The van der Waals surface area contributed by atoms with Crippen molar-refractivity contribution < 1.29 is 18.7 Å². The van der Waals surface area contributed by atoms with Gasteiger partial charge in [-0.1, -0.05) is 51.9 Å². The molecule has 0 unspecified atom stereocenters. The van der Waals surface area contributed by atoms with Crippen molar-refractivity contribution in [3.05, 3.63) is 0 Å². The van der Waals surface area contributed by atoms with Gasteiger partial charge in [-0.25, -0.2) is 9.18 Å². The first-order chi connectivity index (χ1) is 11.6. The maximum absolute atomic E-state index is 14.8. The minimum atomic E-state index is -1.08. The number of rotatable bonds is 9. The van der Waals surface area contributed by atoms with Gasteiger partial charge in [0.15, 0.2) is 0 Å². The number of hydrogen-bond acceptors (Lipinski definition) is 3. The van der Waals surface area contributed by atoms with Gasteiger partial charge in [0, 0.05) is 0 Å². The number of alkyl halides is 1. The van der Waals surface area contributed by atoms with Crippen LogP contribution in [-0.2, 0) is 9.47 Å². The summed E-state index contributed by atoms with van der Waals surface area (Å²) in [6.07, 6.45) is 6.98. The number of ether oxygens (including phenoxy) is 2. The van der Waals surface area contributed by atoms with Crippen LogP contribution in [-0.4, -0.2) is 41.1 Å². The molecule has 25 heavy (non-hydrogen) atoms. The molecule has 1 fully saturated rings. The summed E-state index contributed by atoms with van der Waals surface area (Å²) in [7, 11) is 0. The molecule has 0 aromatic carbocycles. The summed E-state index contributed by atoms with van der Waals surface area (Å²) in [5, 5.41) is 0. The molecule has 5 heteroatoms. The molecule has 0 bridgehead atoms. The maximum Gasteiger partial charge on any atom is 0.412 e. The minimum absolute atomic E-state index is 0.226. The smallest absolute Gasteiger partial charge is 0.412 e. The first-order valence-electron chi connectivity index (χ1n) is 9.89. The molecular weight excluding hydrogens is 321 g/mol. The molecule has 0 aromatic rings. The molecule has 2 atom stereocenters. The molecule has 148 valence electrons. The Morgan fingerprint density at radius 1 is 1.20 bits per heavy atom. The maximum atomic E-state index is 14.8. The number of nitrogens with zero attached hydrogens (tertiary/aromatic N) is 1. The lowest BCUT2D eigenvalue weighted by molar-refractivity contribution is -0.0653. The Kier molecular flexibility index (Phi) is 8.66. The van der Waals surface area contributed by atoms with Crippen molar-refractivity contribution in [3.8, 4) is 0 Å². The molecule has 0 aromatic heterocycles. The molecule has 1 amide bonds. The van der Waals surface area contributed by atoms with E-state index in [0.717, 1.165) is 19.3 Å². The summed E-state index contributed by atoms with van der Waals surface area (Å²) in [5.41, 5.74) is -1.44. The van der Waals surface area contributed by atoms with Gasteiger partial charge in [0.05, 0.1) is 12.6 Å². The SMILES string of the molecule is CCCCCCCCC[C@H](F)[C@@H]1COC(C)(C)N1C(=O)OC(C)(C)C. The van der Waals surface area contributed by atoms with Gasteiger partial charge in [-0.2, -0.15) is 0 Å². The topological polar surface area (TPSA) is 38.8 Å². The third kappa shape index (κ3) is 7.51. The standard InChI is InChI=1S/C20H38FNO3/c1-7-8-9-10-11-12-13-14-16(21)17-15-24-20(5,6)22(17)18(23)25-19(2,3)4/h16-17H,7-15H2,1-6H3/t16-,17-/m0/s1. The van der Waals surface area contributed by atoms with Crippen LogP contribution in [0.4, 0.5) is 9.18 Å². The normalized spacial score (nSPS) is 21.4. The summed E-state index contributed by atoms with van der Waals surface area (Å²) in [6.45, 7) is 11.5. The first-order valence-corrected chi connectivity index (χ1v) is 9.89. The van der Waals surface area contributed by atoms with Crippen molar-refractivity contribution >= 4 is 6.09 Å². The Morgan fingerprint density at radius 3 is 2.32 bits per heavy atom. The van der Waals surface area contributed by atoms with Crippen LogP contribution in [0.25, 0.3) is 0 Å². The lowest BCUT2D eigenvalue weighted by Crippen LogP contribution is -2.52. The fourth-order valence-corrected chi connectivity index (χ4v) is 3.25. The van der Waals surface area contributed by atoms with E-state index in [1.54, 1.807) is 13.8 Å².